The molecule has 0 saturated heterocycles. The molecule has 1 saturated carbocycles. The molecule has 0 amide bonds. The van der Waals surface area contributed by atoms with Gasteiger partial charge in [-0.3, -0.25) is 4.99 Å². The van der Waals surface area contributed by atoms with Crippen molar-refractivity contribution >= 4 is 49.6 Å². The molecule has 1 fully saturated rings. The van der Waals surface area contributed by atoms with Crippen LogP contribution >= 0.6 is 0 Å². The first kappa shape index (κ1) is 42.3. The molecule has 318 valence electrons. The van der Waals surface area contributed by atoms with Gasteiger partial charge in [-0.25, -0.2) is 4.98 Å². The Labute approximate surface area is 381 Å². The third-order valence-electron chi connectivity index (χ3n) is 13.8. The zero-order chi connectivity index (χ0) is 42.4. The number of aromatic nitrogens is 3. The zero-order valence-electron chi connectivity index (χ0n) is 37.7. The van der Waals surface area contributed by atoms with Crippen molar-refractivity contribution in [1.82, 2.24) is 14.1 Å². The Bertz CT molecular complexity index is 3020. The first-order valence-electron chi connectivity index (χ1n) is 22.6. The number of benzene rings is 5. The van der Waals surface area contributed by atoms with Gasteiger partial charge in [0, 0.05) is 22.5 Å². The van der Waals surface area contributed by atoms with E-state index in [-0.39, 0.29) is 32.0 Å². The summed E-state index contributed by atoms with van der Waals surface area (Å²) in [5, 5.41) is 4.68. The fourth-order valence-electron chi connectivity index (χ4n) is 10.4. The fraction of sp³-hybridized carbons (Fsp3) is 0.357. The SMILES string of the molecule is Cc1ccc2c(c1)c1ccc(-n3c4ccc(C(C)(C)C)cc4c4cccnc43)[c-]c1n2-c1[c-]c(C2=N[C@](C)(C3CCCCC3)CO2)cc(-c2c(C(C)C)cccc2C(C)C)c1.[Pt+2]. The van der Waals surface area contributed by atoms with E-state index in [1.165, 1.54) is 70.7 Å². The van der Waals surface area contributed by atoms with Crippen molar-refractivity contribution in [2.45, 2.75) is 117 Å². The summed E-state index contributed by atoms with van der Waals surface area (Å²) >= 11 is 0. The Balaban J connectivity index is 0.00000490. The summed E-state index contributed by atoms with van der Waals surface area (Å²) in [6, 6.07) is 41.8. The van der Waals surface area contributed by atoms with E-state index in [1.807, 2.05) is 12.3 Å². The summed E-state index contributed by atoms with van der Waals surface area (Å²) in [5.74, 6) is 1.91. The van der Waals surface area contributed by atoms with Crippen LogP contribution in [0.1, 0.15) is 127 Å². The van der Waals surface area contributed by atoms with E-state index in [0.29, 0.717) is 30.3 Å². The fourth-order valence-corrected chi connectivity index (χ4v) is 10.4. The topological polar surface area (TPSA) is 44.3 Å². The van der Waals surface area contributed by atoms with Gasteiger partial charge in [-0.2, -0.15) is 6.07 Å². The maximum Gasteiger partial charge on any atom is 2.00 e. The minimum atomic E-state index is -0.240. The van der Waals surface area contributed by atoms with E-state index in [9.17, 15) is 0 Å². The van der Waals surface area contributed by atoms with Crippen molar-refractivity contribution in [2.75, 3.05) is 6.61 Å². The van der Waals surface area contributed by atoms with Crippen molar-refractivity contribution in [3.8, 4) is 22.5 Å². The Morgan fingerprint density at radius 1 is 0.726 bits per heavy atom. The van der Waals surface area contributed by atoms with Crippen LogP contribution in [0.3, 0.4) is 0 Å². The van der Waals surface area contributed by atoms with Crippen LogP contribution in [0, 0.1) is 25.0 Å². The van der Waals surface area contributed by atoms with E-state index in [1.54, 1.807) is 0 Å². The molecule has 8 aromatic rings. The number of nitrogens with zero attached hydrogens (tertiary/aromatic N) is 4. The van der Waals surface area contributed by atoms with Crippen molar-refractivity contribution in [2.24, 2.45) is 10.9 Å². The molecule has 0 unspecified atom stereocenters. The van der Waals surface area contributed by atoms with Gasteiger partial charge in [-0.1, -0.05) is 132 Å². The van der Waals surface area contributed by atoms with Crippen LogP contribution < -0.4 is 0 Å². The first-order chi connectivity index (χ1) is 29.3. The van der Waals surface area contributed by atoms with Gasteiger partial charge in [0.1, 0.15) is 18.2 Å². The second-order valence-electron chi connectivity index (χ2n) is 19.8. The normalized spacial score (nSPS) is 17.4. The molecular formula is C56H58N4OPt. The van der Waals surface area contributed by atoms with Gasteiger partial charge in [0.2, 0.25) is 0 Å². The average Bonchev–Trinajstić information content (AvgIpc) is 3.92. The molecule has 0 spiro atoms. The molecule has 10 rings (SSSR count). The largest absolute Gasteiger partial charge is 2.00 e. The number of fused-ring (bicyclic) bond motifs is 6. The molecular weight excluding hydrogens is 940 g/mol. The van der Waals surface area contributed by atoms with Crippen LogP contribution in [0.15, 0.2) is 102 Å². The summed E-state index contributed by atoms with van der Waals surface area (Å²) in [6.45, 7) is 21.1. The molecule has 5 aromatic carbocycles. The standard InChI is InChI=1S/C56H58N4O.Pt/c1-34(2)43-17-13-18-44(35(3)4)52(43)37-28-38(54-58-56(9,33-61-54)39-15-11-10-12-16-39)30-42(29-37)59-49-24-20-36(5)27-47(49)45-23-22-41(32-51(45)59)60-50-25-21-40(55(6,7)8)31-48(50)46-19-14-26-57-53(46)60;/h13-14,17-29,31,34-35,39H,10-12,15-16,33H2,1-9H3;/q-2;+2/t56-;/m0./s1. The molecule has 3 aromatic heterocycles. The number of aliphatic imine (C=N–C) groups is 1. The van der Waals surface area contributed by atoms with Crippen LogP contribution in [0.5, 0.6) is 0 Å². The summed E-state index contributed by atoms with van der Waals surface area (Å²) in [4.78, 5) is 10.5. The molecule has 4 heterocycles. The van der Waals surface area contributed by atoms with Gasteiger partial charge in [-0.15, -0.1) is 35.7 Å². The predicted molar refractivity (Wildman–Crippen MR) is 255 cm³/mol. The van der Waals surface area contributed by atoms with Crippen LogP contribution in [0.2, 0.25) is 0 Å². The Kier molecular flexibility index (Phi) is 10.9. The van der Waals surface area contributed by atoms with E-state index in [2.05, 4.69) is 169 Å². The van der Waals surface area contributed by atoms with E-state index in [0.717, 1.165) is 55.5 Å². The summed E-state index contributed by atoms with van der Waals surface area (Å²) in [5.41, 5.74) is 14.4. The first-order valence-corrected chi connectivity index (χ1v) is 22.6. The third-order valence-corrected chi connectivity index (χ3v) is 13.8. The number of aryl methyl sites for hydroxylation is 1. The third kappa shape index (κ3) is 7.13. The van der Waals surface area contributed by atoms with E-state index >= 15 is 0 Å². The smallest absolute Gasteiger partial charge is 0.518 e. The van der Waals surface area contributed by atoms with Gasteiger partial charge in [0.15, 0.2) is 0 Å². The summed E-state index contributed by atoms with van der Waals surface area (Å²) in [6.07, 6.45) is 8.19. The summed E-state index contributed by atoms with van der Waals surface area (Å²) in [7, 11) is 0. The van der Waals surface area contributed by atoms with Crippen LogP contribution in [-0.4, -0.2) is 32.2 Å². The quantitative estimate of drug-likeness (QED) is 0.149. The zero-order valence-corrected chi connectivity index (χ0v) is 40.0. The maximum absolute atomic E-state index is 6.69. The van der Waals surface area contributed by atoms with E-state index < -0.39 is 0 Å². The van der Waals surface area contributed by atoms with Gasteiger partial charge in [0.25, 0.3) is 0 Å². The Hall–Kier alpha value is -4.99. The molecule has 6 heteroatoms. The number of rotatable bonds is 7. The van der Waals surface area contributed by atoms with Gasteiger partial charge in [-0.05, 0) is 114 Å². The molecule has 0 radical (unpaired) electrons. The van der Waals surface area contributed by atoms with Crippen molar-refractivity contribution < 1.29 is 25.8 Å². The number of hydrogen-bond donors (Lipinski definition) is 0. The van der Waals surface area contributed by atoms with Crippen LogP contribution in [-0.2, 0) is 31.2 Å². The Morgan fingerprint density at radius 2 is 1.44 bits per heavy atom. The molecule has 0 N–H and O–H groups in total. The summed E-state index contributed by atoms with van der Waals surface area (Å²) < 4.78 is 11.4. The minimum absolute atomic E-state index is 0. The second kappa shape index (κ2) is 16.0. The molecule has 1 aliphatic heterocycles. The average molecular weight is 998 g/mol. The minimum Gasteiger partial charge on any atom is -0.518 e. The molecule has 1 atom stereocenters. The number of hydrogen-bond acceptors (Lipinski definition) is 3. The molecule has 0 bridgehead atoms. The van der Waals surface area contributed by atoms with Gasteiger partial charge < -0.3 is 13.9 Å². The maximum atomic E-state index is 6.69. The molecule has 5 nitrogen and oxygen atoms in total. The van der Waals surface area contributed by atoms with Gasteiger partial charge >= 0.3 is 21.1 Å². The number of pyridine rings is 1. The van der Waals surface area contributed by atoms with Gasteiger partial charge in [0.05, 0.1) is 11.1 Å². The van der Waals surface area contributed by atoms with E-state index in [4.69, 9.17) is 14.7 Å². The van der Waals surface area contributed by atoms with Crippen LogP contribution in [0.4, 0.5) is 0 Å². The van der Waals surface area contributed by atoms with Crippen molar-refractivity contribution in [3.05, 3.63) is 137 Å². The predicted octanol–water partition coefficient (Wildman–Crippen LogP) is 14.5. The van der Waals surface area contributed by atoms with Crippen LogP contribution in [0.25, 0.3) is 66.2 Å². The Morgan fingerprint density at radius 3 is 2.16 bits per heavy atom. The van der Waals surface area contributed by atoms with Crippen molar-refractivity contribution in [3.63, 3.8) is 0 Å². The monoisotopic (exact) mass is 997 g/mol. The second-order valence-corrected chi connectivity index (χ2v) is 19.8. The van der Waals surface area contributed by atoms with Crippen molar-refractivity contribution in [1.29, 1.82) is 0 Å². The number of ether oxygens (including phenoxy) is 1. The molecule has 1 aliphatic carbocycles. The molecule has 62 heavy (non-hydrogen) atoms. The molecule has 2 aliphatic rings.